The first-order chi connectivity index (χ1) is 6.69. The van der Waals surface area contributed by atoms with Gasteiger partial charge in [0.2, 0.25) is 5.89 Å². The molecule has 1 heterocycles. The zero-order valence-corrected chi connectivity index (χ0v) is 8.60. The Hall–Kier alpha value is -0.940. The highest BCUT2D eigenvalue weighted by molar-refractivity contribution is 4.93. The van der Waals surface area contributed by atoms with Crippen LogP contribution in [0.1, 0.15) is 38.0 Å². The quantitative estimate of drug-likeness (QED) is 0.727. The molecule has 1 unspecified atom stereocenters. The molecule has 0 aliphatic heterocycles. The van der Waals surface area contributed by atoms with Gasteiger partial charge in [0, 0.05) is 6.42 Å². The molecule has 1 rings (SSSR count). The fourth-order valence-electron chi connectivity index (χ4n) is 1.10. The molecule has 0 saturated heterocycles. The number of hydrogen-bond donors (Lipinski definition) is 2. The van der Waals surface area contributed by atoms with Crippen LogP contribution in [0.4, 0.5) is 0 Å². The van der Waals surface area contributed by atoms with E-state index < -0.39 is 0 Å². The topological polar surface area (TPSA) is 85.2 Å². The molecule has 3 N–H and O–H groups in total. The van der Waals surface area contributed by atoms with Gasteiger partial charge in [0.1, 0.15) is 0 Å². The average Bonchev–Trinajstić information content (AvgIpc) is 2.64. The zero-order valence-electron chi connectivity index (χ0n) is 8.60. The van der Waals surface area contributed by atoms with Crippen molar-refractivity contribution in [3.63, 3.8) is 0 Å². The summed E-state index contributed by atoms with van der Waals surface area (Å²) < 4.78 is 5.00. The molecule has 0 saturated carbocycles. The number of aromatic nitrogens is 2. The summed E-state index contributed by atoms with van der Waals surface area (Å²) in [6.45, 7) is 4.13. The Bertz CT molecular complexity index is 275. The van der Waals surface area contributed by atoms with Gasteiger partial charge in [-0.05, 0) is 5.92 Å². The molecule has 5 heteroatoms. The van der Waals surface area contributed by atoms with Gasteiger partial charge in [-0.25, -0.2) is 0 Å². The predicted octanol–water partition coefficient (Wildman–Crippen LogP) is 0.650. The summed E-state index contributed by atoms with van der Waals surface area (Å²) in [4.78, 5) is 4.11. The van der Waals surface area contributed by atoms with Gasteiger partial charge in [0.25, 0.3) is 0 Å². The average molecular weight is 199 g/mol. The van der Waals surface area contributed by atoms with Crippen LogP contribution in [0.2, 0.25) is 0 Å². The number of nitrogens with two attached hydrogens (primary N) is 1. The zero-order chi connectivity index (χ0) is 10.6. The fraction of sp³-hybridized carbons (Fsp3) is 0.778. The van der Waals surface area contributed by atoms with E-state index in [9.17, 15) is 0 Å². The summed E-state index contributed by atoms with van der Waals surface area (Å²) >= 11 is 0. The number of hydrogen-bond acceptors (Lipinski definition) is 5. The molecular weight excluding hydrogens is 182 g/mol. The van der Waals surface area contributed by atoms with Crippen LogP contribution in [-0.2, 0) is 6.42 Å². The monoisotopic (exact) mass is 199 g/mol. The summed E-state index contributed by atoms with van der Waals surface area (Å²) in [5.74, 6) is 1.29. The Morgan fingerprint density at radius 3 is 2.86 bits per heavy atom. The third-order valence-electron chi connectivity index (χ3n) is 2.36. The Morgan fingerprint density at radius 1 is 1.57 bits per heavy atom. The van der Waals surface area contributed by atoms with Gasteiger partial charge in [-0.15, -0.1) is 0 Å². The number of rotatable bonds is 5. The van der Waals surface area contributed by atoms with Gasteiger partial charge >= 0.3 is 0 Å². The molecule has 0 radical (unpaired) electrons. The Balaban J connectivity index is 2.65. The number of aliphatic hydroxyl groups excluding tert-OH is 1. The molecule has 0 fully saturated rings. The largest absolute Gasteiger partial charge is 0.396 e. The van der Waals surface area contributed by atoms with Crippen LogP contribution in [-0.4, -0.2) is 21.9 Å². The SMILES string of the molecule is CCC(C)[C@H](N)c1nc(CCO)no1. The van der Waals surface area contributed by atoms with Crippen LogP contribution in [0, 0.1) is 5.92 Å². The van der Waals surface area contributed by atoms with Crippen molar-refractivity contribution in [3.8, 4) is 0 Å². The van der Waals surface area contributed by atoms with Crippen molar-refractivity contribution in [1.29, 1.82) is 0 Å². The molecule has 0 amide bonds. The predicted molar refractivity (Wildman–Crippen MR) is 51.5 cm³/mol. The second-order valence-corrected chi connectivity index (χ2v) is 3.43. The molecule has 0 spiro atoms. The second-order valence-electron chi connectivity index (χ2n) is 3.43. The third-order valence-corrected chi connectivity index (χ3v) is 2.36. The van der Waals surface area contributed by atoms with Crippen molar-refractivity contribution in [2.45, 2.75) is 32.7 Å². The normalized spacial score (nSPS) is 15.4. The van der Waals surface area contributed by atoms with Gasteiger partial charge in [-0.3, -0.25) is 0 Å². The minimum absolute atomic E-state index is 0.0253. The summed E-state index contributed by atoms with van der Waals surface area (Å²) in [6, 6.07) is -0.208. The summed E-state index contributed by atoms with van der Waals surface area (Å²) in [6.07, 6.45) is 1.38. The van der Waals surface area contributed by atoms with Crippen molar-refractivity contribution >= 4 is 0 Å². The third kappa shape index (κ3) is 2.52. The Kier molecular flexibility index (Phi) is 4.03. The van der Waals surface area contributed by atoms with E-state index in [1.807, 2.05) is 6.92 Å². The minimum Gasteiger partial charge on any atom is -0.396 e. The Labute approximate surface area is 83.3 Å². The molecule has 2 atom stereocenters. The molecular formula is C9H17N3O2. The smallest absolute Gasteiger partial charge is 0.243 e. The maximum absolute atomic E-state index is 8.67. The first-order valence-electron chi connectivity index (χ1n) is 4.88. The first-order valence-corrected chi connectivity index (χ1v) is 4.88. The highest BCUT2D eigenvalue weighted by Gasteiger charge is 2.19. The van der Waals surface area contributed by atoms with Gasteiger partial charge < -0.3 is 15.4 Å². The van der Waals surface area contributed by atoms with Crippen molar-refractivity contribution in [3.05, 3.63) is 11.7 Å². The molecule has 80 valence electrons. The van der Waals surface area contributed by atoms with Crippen LogP contribution >= 0.6 is 0 Å². The van der Waals surface area contributed by atoms with E-state index in [-0.39, 0.29) is 12.6 Å². The molecule has 0 aromatic carbocycles. The van der Waals surface area contributed by atoms with E-state index >= 15 is 0 Å². The van der Waals surface area contributed by atoms with Crippen molar-refractivity contribution < 1.29 is 9.63 Å². The molecule has 0 bridgehead atoms. The lowest BCUT2D eigenvalue weighted by atomic mass is 10.0. The van der Waals surface area contributed by atoms with E-state index in [1.165, 1.54) is 0 Å². The van der Waals surface area contributed by atoms with Crippen LogP contribution in [0.5, 0.6) is 0 Å². The standard InChI is InChI=1S/C9H17N3O2/c1-3-6(2)8(10)9-11-7(4-5-13)12-14-9/h6,8,13H,3-5,10H2,1-2H3/t6?,8-/m0/s1. The van der Waals surface area contributed by atoms with Gasteiger partial charge in [-0.2, -0.15) is 4.98 Å². The lowest BCUT2D eigenvalue weighted by Gasteiger charge is -2.12. The van der Waals surface area contributed by atoms with Crippen LogP contribution < -0.4 is 5.73 Å². The maximum atomic E-state index is 8.67. The number of aliphatic hydroxyl groups is 1. The lowest BCUT2D eigenvalue weighted by Crippen LogP contribution is -2.18. The van der Waals surface area contributed by atoms with Crippen LogP contribution in [0.15, 0.2) is 4.52 Å². The Morgan fingerprint density at radius 2 is 2.29 bits per heavy atom. The lowest BCUT2D eigenvalue weighted by molar-refractivity contribution is 0.289. The number of nitrogens with zero attached hydrogens (tertiary/aromatic N) is 2. The van der Waals surface area contributed by atoms with E-state index in [0.717, 1.165) is 6.42 Å². The molecule has 0 aliphatic carbocycles. The highest BCUT2D eigenvalue weighted by atomic mass is 16.5. The minimum atomic E-state index is -0.208. The summed E-state index contributed by atoms with van der Waals surface area (Å²) in [5.41, 5.74) is 5.90. The van der Waals surface area contributed by atoms with Crippen LogP contribution in [0.3, 0.4) is 0 Å². The van der Waals surface area contributed by atoms with Gasteiger partial charge in [-0.1, -0.05) is 25.4 Å². The van der Waals surface area contributed by atoms with E-state index in [2.05, 4.69) is 17.1 Å². The molecule has 1 aromatic heterocycles. The molecule has 1 aromatic rings. The highest BCUT2D eigenvalue weighted by Crippen LogP contribution is 2.19. The van der Waals surface area contributed by atoms with Crippen molar-refractivity contribution in [2.24, 2.45) is 11.7 Å². The molecule has 14 heavy (non-hydrogen) atoms. The van der Waals surface area contributed by atoms with E-state index in [4.69, 9.17) is 15.4 Å². The van der Waals surface area contributed by atoms with Crippen LogP contribution in [0.25, 0.3) is 0 Å². The summed E-state index contributed by atoms with van der Waals surface area (Å²) in [7, 11) is 0. The summed E-state index contributed by atoms with van der Waals surface area (Å²) in [5, 5.41) is 12.4. The van der Waals surface area contributed by atoms with Crippen molar-refractivity contribution in [1.82, 2.24) is 10.1 Å². The van der Waals surface area contributed by atoms with Crippen molar-refractivity contribution in [2.75, 3.05) is 6.61 Å². The van der Waals surface area contributed by atoms with Gasteiger partial charge in [0.15, 0.2) is 5.82 Å². The first kappa shape index (κ1) is 11.1. The van der Waals surface area contributed by atoms with E-state index in [1.54, 1.807) is 0 Å². The molecule has 5 nitrogen and oxygen atoms in total. The maximum Gasteiger partial charge on any atom is 0.243 e. The second kappa shape index (κ2) is 5.07. The fourth-order valence-corrected chi connectivity index (χ4v) is 1.10. The molecule has 0 aliphatic rings. The van der Waals surface area contributed by atoms with E-state index in [0.29, 0.717) is 24.1 Å². The van der Waals surface area contributed by atoms with Gasteiger partial charge in [0.05, 0.1) is 12.6 Å².